The van der Waals surface area contributed by atoms with Crippen molar-refractivity contribution in [1.82, 2.24) is 5.32 Å². The van der Waals surface area contributed by atoms with Gasteiger partial charge in [-0.3, -0.25) is 9.59 Å². The van der Waals surface area contributed by atoms with Gasteiger partial charge in [-0.2, -0.15) is 0 Å². The number of hydrogen-bond acceptors (Lipinski definition) is 5. The molecule has 2 atom stereocenters. The van der Waals surface area contributed by atoms with Crippen LogP contribution in [0.4, 0.5) is 0 Å². The second kappa shape index (κ2) is 64.9. The molecule has 0 fully saturated rings. The third-order valence-electron chi connectivity index (χ3n) is 16.0. The van der Waals surface area contributed by atoms with Crippen LogP contribution in [0.2, 0.25) is 0 Å². The molecule has 0 bridgehead atoms. The molecule has 0 heterocycles. The maximum atomic E-state index is 12.4. The standard InChI is InChI=1S/C69H133NO5/c1-3-5-7-9-11-13-15-16-17-33-37-40-43-47-51-55-59-63-69(74)75-64-60-56-52-48-44-41-38-35-32-30-28-26-24-22-20-18-19-21-23-25-27-29-31-34-36-39-42-46-50-54-58-62-68(73)70-66(65-71)67(72)61-57-53-49-45-14-12-10-8-6-4-2/h20,22,26,28,66-67,71-72H,3-19,21,23-25,27,29-65H2,1-2H3,(H,70,73)/b22-20-,28-26-. The summed E-state index contributed by atoms with van der Waals surface area (Å²) < 4.78 is 5.50. The van der Waals surface area contributed by atoms with Gasteiger partial charge in [0.1, 0.15) is 0 Å². The Morgan fingerprint density at radius 3 is 1.01 bits per heavy atom. The summed E-state index contributed by atoms with van der Waals surface area (Å²) in [7, 11) is 0. The van der Waals surface area contributed by atoms with E-state index in [0.717, 1.165) is 44.9 Å². The number of aliphatic hydroxyl groups is 2. The second-order valence-electron chi connectivity index (χ2n) is 23.5. The largest absolute Gasteiger partial charge is 0.466 e. The molecule has 0 rings (SSSR count). The molecule has 0 aromatic carbocycles. The number of rotatable bonds is 64. The second-order valence-corrected chi connectivity index (χ2v) is 23.5. The summed E-state index contributed by atoms with van der Waals surface area (Å²) >= 11 is 0. The Kier molecular flexibility index (Phi) is 63.4. The molecule has 0 spiro atoms. The fourth-order valence-electron chi connectivity index (χ4n) is 10.8. The van der Waals surface area contributed by atoms with E-state index in [1.165, 1.54) is 302 Å². The highest BCUT2D eigenvalue weighted by Crippen LogP contribution is 2.18. The van der Waals surface area contributed by atoms with Crippen LogP contribution in [0.5, 0.6) is 0 Å². The number of carbonyl (C=O) groups excluding carboxylic acids is 2. The Morgan fingerprint density at radius 2 is 0.667 bits per heavy atom. The van der Waals surface area contributed by atoms with Crippen molar-refractivity contribution < 1.29 is 24.5 Å². The number of aliphatic hydroxyl groups excluding tert-OH is 2. The quantitative estimate of drug-likeness (QED) is 0.0320. The summed E-state index contributed by atoms with van der Waals surface area (Å²) in [6.07, 6.45) is 80.9. The SMILES string of the molecule is CCCCCCCCCCCCCCCCCCCC(=O)OCCCCCCCCCCC/C=C\C/C=C\CCCCCCCCCCCCCCCCCC(=O)NC(CO)C(O)CCCCCCCCCCCC. The average Bonchev–Trinajstić information content (AvgIpc) is 3.41. The minimum Gasteiger partial charge on any atom is -0.466 e. The van der Waals surface area contributed by atoms with E-state index in [9.17, 15) is 19.8 Å². The summed E-state index contributed by atoms with van der Waals surface area (Å²) in [5, 5.41) is 23.2. The number of ether oxygens (including phenoxy) is 1. The molecule has 0 aromatic heterocycles. The van der Waals surface area contributed by atoms with Gasteiger partial charge in [0.05, 0.1) is 25.4 Å². The van der Waals surface area contributed by atoms with Crippen LogP contribution in [-0.4, -0.2) is 47.4 Å². The zero-order chi connectivity index (χ0) is 54.3. The van der Waals surface area contributed by atoms with Crippen molar-refractivity contribution in [3.05, 3.63) is 24.3 Å². The highest BCUT2D eigenvalue weighted by atomic mass is 16.5. The minimum absolute atomic E-state index is 0.0176. The van der Waals surface area contributed by atoms with Crippen LogP contribution >= 0.6 is 0 Å². The Labute approximate surface area is 469 Å². The van der Waals surface area contributed by atoms with E-state index < -0.39 is 12.1 Å². The summed E-state index contributed by atoms with van der Waals surface area (Å²) in [6.45, 7) is 4.97. The van der Waals surface area contributed by atoms with E-state index in [-0.39, 0.29) is 18.5 Å². The number of allylic oxidation sites excluding steroid dienone is 4. The molecular weight excluding hydrogens is 923 g/mol. The van der Waals surface area contributed by atoms with Gasteiger partial charge in [0.2, 0.25) is 5.91 Å². The molecule has 6 nitrogen and oxygen atoms in total. The van der Waals surface area contributed by atoms with Crippen molar-refractivity contribution in [2.45, 2.75) is 392 Å². The van der Waals surface area contributed by atoms with Crippen molar-refractivity contribution in [3.8, 4) is 0 Å². The van der Waals surface area contributed by atoms with Gasteiger partial charge in [0.15, 0.2) is 0 Å². The topological polar surface area (TPSA) is 95.9 Å². The number of nitrogens with one attached hydrogen (secondary N) is 1. The Morgan fingerprint density at radius 1 is 0.373 bits per heavy atom. The molecule has 444 valence electrons. The van der Waals surface area contributed by atoms with Crippen LogP contribution in [0, 0.1) is 0 Å². The molecule has 75 heavy (non-hydrogen) atoms. The molecule has 0 saturated carbocycles. The molecule has 0 aliphatic carbocycles. The van der Waals surface area contributed by atoms with Crippen LogP contribution in [-0.2, 0) is 14.3 Å². The van der Waals surface area contributed by atoms with Gasteiger partial charge in [-0.05, 0) is 57.8 Å². The van der Waals surface area contributed by atoms with Crippen molar-refractivity contribution in [3.63, 3.8) is 0 Å². The lowest BCUT2D eigenvalue weighted by Gasteiger charge is -2.22. The normalized spacial score (nSPS) is 12.6. The Bertz CT molecular complexity index is 1170. The molecule has 6 heteroatoms. The number of carbonyl (C=O) groups is 2. The fourth-order valence-corrected chi connectivity index (χ4v) is 10.8. The van der Waals surface area contributed by atoms with Crippen molar-refractivity contribution in [2.24, 2.45) is 0 Å². The molecule has 2 unspecified atom stereocenters. The van der Waals surface area contributed by atoms with Crippen LogP contribution in [0.25, 0.3) is 0 Å². The first-order chi connectivity index (χ1) is 37.0. The third kappa shape index (κ3) is 61.4. The molecule has 0 aliphatic rings. The first kappa shape index (κ1) is 73.3. The zero-order valence-corrected chi connectivity index (χ0v) is 50.8. The van der Waals surface area contributed by atoms with Gasteiger partial charge in [-0.25, -0.2) is 0 Å². The zero-order valence-electron chi connectivity index (χ0n) is 50.8. The maximum absolute atomic E-state index is 12.4. The molecule has 0 radical (unpaired) electrons. The van der Waals surface area contributed by atoms with Gasteiger partial charge in [0.25, 0.3) is 0 Å². The van der Waals surface area contributed by atoms with Crippen LogP contribution in [0.3, 0.4) is 0 Å². The minimum atomic E-state index is -0.661. The van der Waals surface area contributed by atoms with Gasteiger partial charge in [-0.15, -0.1) is 0 Å². The van der Waals surface area contributed by atoms with Crippen LogP contribution in [0.1, 0.15) is 380 Å². The lowest BCUT2D eigenvalue weighted by Crippen LogP contribution is -2.45. The molecular formula is C69H133NO5. The van der Waals surface area contributed by atoms with E-state index >= 15 is 0 Å². The van der Waals surface area contributed by atoms with E-state index in [4.69, 9.17) is 4.74 Å². The van der Waals surface area contributed by atoms with E-state index in [0.29, 0.717) is 25.9 Å². The number of amides is 1. The molecule has 0 aromatic rings. The van der Waals surface area contributed by atoms with E-state index in [1.54, 1.807) is 0 Å². The molecule has 3 N–H and O–H groups in total. The monoisotopic (exact) mass is 1060 g/mol. The van der Waals surface area contributed by atoms with Crippen molar-refractivity contribution in [2.75, 3.05) is 13.2 Å². The number of esters is 1. The third-order valence-corrected chi connectivity index (χ3v) is 16.0. The molecule has 1 amide bonds. The first-order valence-electron chi connectivity index (χ1n) is 34.1. The van der Waals surface area contributed by atoms with Crippen LogP contribution in [0.15, 0.2) is 24.3 Å². The van der Waals surface area contributed by atoms with Crippen molar-refractivity contribution >= 4 is 11.9 Å². The highest BCUT2D eigenvalue weighted by Gasteiger charge is 2.20. The summed E-state index contributed by atoms with van der Waals surface area (Å²) in [5.41, 5.74) is 0. The van der Waals surface area contributed by atoms with Crippen LogP contribution < -0.4 is 5.32 Å². The first-order valence-corrected chi connectivity index (χ1v) is 34.1. The van der Waals surface area contributed by atoms with Gasteiger partial charge in [0, 0.05) is 12.8 Å². The molecule has 0 saturated heterocycles. The fraction of sp³-hybridized carbons (Fsp3) is 0.913. The smallest absolute Gasteiger partial charge is 0.305 e. The van der Waals surface area contributed by atoms with E-state index in [1.807, 2.05) is 0 Å². The lowest BCUT2D eigenvalue weighted by atomic mass is 10.0. The maximum Gasteiger partial charge on any atom is 0.305 e. The Balaban J connectivity index is 3.35. The molecule has 0 aliphatic heterocycles. The number of hydrogen-bond donors (Lipinski definition) is 3. The summed E-state index contributed by atoms with van der Waals surface area (Å²) in [6, 6.07) is -0.539. The van der Waals surface area contributed by atoms with Crippen molar-refractivity contribution in [1.29, 1.82) is 0 Å². The van der Waals surface area contributed by atoms with E-state index in [2.05, 4.69) is 43.5 Å². The highest BCUT2D eigenvalue weighted by molar-refractivity contribution is 5.76. The Hall–Kier alpha value is -1.66. The lowest BCUT2D eigenvalue weighted by molar-refractivity contribution is -0.143. The van der Waals surface area contributed by atoms with Gasteiger partial charge >= 0.3 is 5.97 Å². The number of unbranched alkanes of at least 4 members (excludes halogenated alkanes) is 49. The predicted molar refractivity (Wildman–Crippen MR) is 329 cm³/mol. The van der Waals surface area contributed by atoms with Gasteiger partial charge in [-0.1, -0.05) is 334 Å². The average molecular weight is 1060 g/mol. The predicted octanol–water partition coefficient (Wildman–Crippen LogP) is 21.8. The van der Waals surface area contributed by atoms with Gasteiger partial charge < -0.3 is 20.3 Å². The summed E-state index contributed by atoms with van der Waals surface area (Å²) in [5.74, 6) is -0.0169. The summed E-state index contributed by atoms with van der Waals surface area (Å²) in [4.78, 5) is 24.5.